The van der Waals surface area contributed by atoms with Crippen molar-refractivity contribution in [3.8, 4) is 0 Å². The third kappa shape index (κ3) is 5.96. The van der Waals surface area contributed by atoms with Gasteiger partial charge in [-0.05, 0) is 97.3 Å². The van der Waals surface area contributed by atoms with Crippen molar-refractivity contribution in [2.24, 2.45) is 11.8 Å². The van der Waals surface area contributed by atoms with E-state index in [9.17, 15) is 4.79 Å². The lowest BCUT2D eigenvalue weighted by molar-refractivity contribution is -0.000810. The van der Waals surface area contributed by atoms with Gasteiger partial charge in [0.1, 0.15) is 11.9 Å². The minimum Gasteiger partial charge on any atom is -0.458 e. The van der Waals surface area contributed by atoms with Gasteiger partial charge in [0.2, 0.25) is 0 Å². The molecule has 200 valence electrons. The van der Waals surface area contributed by atoms with Crippen LogP contribution in [0.4, 0.5) is 4.39 Å². The molecule has 0 spiro atoms. The Morgan fingerprint density at radius 1 is 0.838 bits per heavy atom. The number of fused-ring (bicyclic) bond motifs is 1. The largest absolute Gasteiger partial charge is 0.458 e. The third-order valence-electron chi connectivity index (χ3n) is 9.82. The first-order valence-electron chi connectivity index (χ1n) is 15.2. The molecule has 0 N–H and O–H groups in total. The topological polar surface area (TPSA) is 26.3 Å². The summed E-state index contributed by atoms with van der Waals surface area (Å²) < 4.78 is 21.6. The van der Waals surface area contributed by atoms with Crippen molar-refractivity contribution in [3.63, 3.8) is 0 Å². The van der Waals surface area contributed by atoms with Crippen LogP contribution in [0.2, 0.25) is 0 Å². The van der Waals surface area contributed by atoms with Gasteiger partial charge in [-0.1, -0.05) is 82.3 Å². The Kier molecular flexibility index (Phi) is 8.67. The first-order valence-corrected chi connectivity index (χ1v) is 15.2. The van der Waals surface area contributed by atoms with Gasteiger partial charge in [-0.15, -0.1) is 0 Å². The Hall–Kier alpha value is -2.16. The fourth-order valence-electron chi connectivity index (χ4n) is 7.30. The molecule has 5 rings (SSSR count). The second kappa shape index (κ2) is 12.1. The van der Waals surface area contributed by atoms with Crippen molar-refractivity contribution in [2.75, 3.05) is 0 Å². The lowest BCUT2D eigenvalue weighted by Crippen LogP contribution is -2.36. The molecule has 2 aliphatic carbocycles. The van der Waals surface area contributed by atoms with Gasteiger partial charge >= 0.3 is 5.97 Å². The average molecular weight is 505 g/mol. The highest BCUT2D eigenvalue weighted by molar-refractivity contribution is 5.93. The molecule has 1 atom stereocenters. The third-order valence-corrected chi connectivity index (χ3v) is 9.82. The summed E-state index contributed by atoms with van der Waals surface area (Å²) in [5.74, 6) is 1.22. The molecule has 0 bridgehead atoms. The number of hydrogen-bond donors (Lipinski definition) is 0. The summed E-state index contributed by atoms with van der Waals surface area (Å²) in [5, 5.41) is 0. The van der Waals surface area contributed by atoms with E-state index >= 15 is 4.39 Å². The van der Waals surface area contributed by atoms with Crippen molar-refractivity contribution >= 4 is 5.97 Å². The molecule has 1 heterocycles. The molecule has 3 aliphatic rings. The minimum absolute atomic E-state index is 0.0865. The molecule has 2 saturated carbocycles. The molecule has 0 amide bonds. The molecule has 0 saturated heterocycles. The van der Waals surface area contributed by atoms with E-state index in [0.29, 0.717) is 18.3 Å². The van der Waals surface area contributed by atoms with Crippen molar-refractivity contribution in [1.82, 2.24) is 0 Å². The van der Waals surface area contributed by atoms with Crippen LogP contribution in [0.5, 0.6) is 0 Å². The predicted octanol–water partition coefficient (Wildman–Crippen LogP) is 9.30. The van der Waals surface area contributed by atoms with Crippen LogP contribution in [0.3, 0.4) is 0 Å². The number of unbranched alkanes of at least 4 members (excludes halogenated alkanes) is 2. The summed E-state index contributed by atoms with van der Waals surface area (Å²) in [6.07, 6.45) is 15.6. The van der Waals surface area contributed by atoms with E-state index in [0.717, 1.165) is 55.6 Å². The van der Waals surface area contributed by atoms with E-state index < -0.39 is 5.97 Å². The lowest BCUT2D eigenvalue weighted by atomic mass is 9.74. The van der Waals surface area contributed by atoms with Crippen LogP contribution in [0, 0.1) is 17.7 Å². The maximum Gasteiger partial charge on any atom is 0.341 e. The quantitative estimate of drug-likeness (QED) is 0.264. The summed E-state index contributed by atoms with van der Waals surface area (Å²) in [7, 11) is 0. The minimum atomic E-state index is -0.434. The Morgan fingerprint density at radius 2 is 1.54 bits per heavy atom. The zero-order valence-electron chi connectivity index (χ0n) is 22.9. The predicted molar refractivity (Wildman–Crippen MR) is 149 cm³/mol. The summed E-state index contributed by atoms with van der Waals surface area (Å²) in [4.78, 5) is 13.0. The maximum absolute atomic E-state index is 15.7. The van der Waals surface area contributed by atoms with Gasteiger partial charge < -0.3 is 4.74 Å². The van der Waals surface area contributed by atoms with Crippen molar-refractivity contribution < 1.29 is 13.9 Å². The van der Waals surface area contributed by atoms with Crippen molar-refractivity contribution in [1.29, 1.82) is 0 Å². The Bertz CT molecular complexity index is 1040. The van der Waals surface area contributed by atoms with Gasteiger partial charge in [0.05, 0.1) is 5.56 Å². The average Bonchev–Trinajstić information content (AvgIpc) is 2.94. The van der Waals surface area contributed by atoms with Crippen molar-refractivity contribution in [3.05, 3.63) is 70.0 Å². The fraction of sp³-hybridized carbons (Fsp3) is 0.618. The molecular weight excluding hydrogens is 459 g/mol. The van der Waals surface area contributed by atoms with Crippen LogP contribution in [-0.2, 0) is 17.6 Å². The number of rotatable bonds is 8. The highest BCUT2D eigenvalue weighted by Crippen LogP contribution is 2.43. The lowest BCUT2D eigenvalue weighted by Gasteiger charge is -2.36. The summed E-state index contributed by atoms with van der Waals surface area (Å²) in [5.41, 5.74) is 4.66. The first kappa shape index (κ1) is 26.4. The molecule has 2 fully saturated rings. The SMILES string of the molecule is CCCCCc1ccc(C2CCC(c3ccc4c(c3F)C(=O)OC(C3CCC(CC)CC3)C4)CC2)cc1. The van der Waals surface area contributed by atoms with E-state index in [-0.39, 0.29) is 23.4 Å². The number of esters is 1. The Balaban J connectivity index is 1.20. The van der Waals surface area contributed by atoms with E-state index in [1.54, 1.807) is 0 Å². The molecule has 0 aromatic heterocycles. The number of cyclic esters (lactones) is 1. The highest BCUT2D eigenvalue weighted by Gasteiger charge is 2.37. The Labute approximate surface area is 223 Å². The number of carbonyl (C=O) groups excluding carboxylic acids is 1. The molecule has 2 nitrogen and oxygen atoms in total. The van der Waals surface area contributed by atoms with Gasteiger partial charge in [-0.25, -0.2) is 9.18 Å². The number of benzene rings is 2. The molecule has 3 heteroatoms. The van der Waals surface area contributed by atoms with E-state index in [4.69, 9.17) is 4.74 Å². The van der Waals surface area contributed by atoms with Crippen molar-refractivity contribution in [2.45, 2.75) is 122 Å². The second-order valence-electron chi connectivity index (χ2n) is 12.1. The number of ether oxygens (including phenoxy) is 1. The standard InChI is InChI=1S/C34H45FO2/c1-3-5-6-7-24-10-12-25(13-11-24)26-16-18-27(19-17-26)30-21-20-29-22-31(37-34(36)32(29)33(30)35)28-14-8-23(4-2)9-15-28/h10-13,20-21,23,26-28,31H,3-9,14-19,22H2,1-2H3. The van der Waals surface area contributed by atoms with Gasteiger partial charge in [0, 0.05) is 6.42 Å². The first-order chi connectivity index (χ1) is 18.1. The van der Waals surface area contributed by atoms with E-state index in [2.05, 4.69) is 38.1 Å². The zero-order valence-corrected chi connectivity index (χ0v) is 22.9. The van der Waals surface area contributed by atoms with Crippen LogP contribution in [0.15, 0.2) is 36.4 Å². The van der Waals surface area contributed by atoms with E-state index in [1.807, 2.05) is 12.1 Å². The fourth-order valence-corrected chi connectivity index (χ4v) is 7.30. The Morgan fingerprint density at radius 3 is 2.22 bits per heavy atom. The van der Waals surface area contributed by atoms with Crippen LogP contribution in [0.25, 0.3) is 0 Å². The maximum atomic E-state index is 15.7. The molecule has 1 unspecified atom stereocenters. The molecular formula is C34H45FO2. The number of halogens is 1. The van der Waals surface area contributed by atoms with Gasteiger partial charge in [-0.2, -0.15) is 0 Å². The molecule has 2 aromatic rings. The van der Waals surface area contributed by atoms with Gasteiger partial charge in [0.25, 0.3) is 0 Å². The summed E-state index contributed by atoms with van der Waals surface area (Å²) >= 11 is 0. The summed E-state index contributed by atoms with van der Waals surface area (Å²) in [6.45, 7) is 4.51. The summed E-state index contributed by atoms with van der Waals surface area (Å²) in [6, 6.07) is 13.2. The molecule has 2 aromatic carbocycles. The van der Waals surface area contributed by atoms with Crippen LogP contribution in [0.1, 0.15) is 135 Å². The van der Waals surface area contributed by atoms with Gasteiger partial charge in [0.15, 0.2) is 0 Å². The number of hydrogen-bond acceptors (Lipinski definition) is 2. The number of aryl methyl sites for hydroxylation is 1. The van der Waals surface area contributed by atoms with Crippen LogP contribution in [-0.4, -0.2) is 12.1 Å². The molecule has 37 heavy (non-hydrogen) atoms. The van der Waals surface area contributed by atoms with Crippen LogP contribution < -0.4 is 0 Å². The molecule has 0 radical (unpaired) electrons. The van der Waals surface area contributed by atoms with Crippen LogP contribution >= 0.6 is 0 Å². The van der Waals surface area contributed by atoms with E-state index in [1.165, 1.54) is 56.1 Å². The second-order valence-corrected chi connectivity index (χ2v) is 12.1. The molecule has 1 aliphatic heterocycles. The smallest absolute Gasteiger partial charge is 0.341 e. The monoisotopic (exact) mass is 504 g/mol. The number of carbonyl (C=O) groups is 1. The normalized spacial score (nSPS) is 28.0. The van der Waals surface area contributed by atoms with Gasteiger partial charge in [-0.3, -0.25) is 0 Å². The zero-order chi connectivity index (χ0) is 25.8. The highest BCUT2D eigenvalue weighted by atomic mass is 19.1.